The molecule has 1 aliphatic heterocycles. The van der Waals surface area contributed by atoms with Gasteiger partial charge >= 0.3 is 0 Å². The summed E-state index contributed by atoms with van der Waals surface area (Å²) in [7, 11) is -3.75. The Morgan fingerprint density at radius 2 is 1.95 bits per heavy atom. The first kappa shape index (κ1) is 15.9. The molecule has 6 heteroatoms. The molecule has 1 saturated heterocycles. The maximum atomic E-state index is 13.9. The van der Waals surface area contributed by atoms with Gasteiger partial charge in [0.25, 0.3) is 0 Å². The molecule has 112 valence electrons. The van der Waals surface area contributed by atoms with Gasteiger partial charge in [-0.3, -0.25) is 0 Å². The Balaban J connectivity index is 2.30. The molecule has 1 aromatic carbocycles. The monoisotopic (exact) mass is 363 g/mol. The summed E-state index contributed by atoms with van der Waals surface area (Å²) in [5, 5.41) is 0. The predicted molar refractivity (Wildman–Crippen MR) is 80.5 cm³/mol. The first-order valence-corrected chi connectivity index (χ1v) is 8.91. The fourth-order valence-electron chi connectivity index (χ4n) is 2.46. The van der Waals surface area contributed by atoms with Crippen LogP contribution >= 0.6 is 15.9 Å². The van der Waals surface area contributed by atoms with Crippen LogP contribution in [0, 0.1) is 11.2 Å². The van der Waals surface area contributed by atoms with Crippen LogP contribution in [-0.2, 0) is 10.0 Å². The summed E-state index contributed by atoms with van der Waals surface area (Å²) < 4.78 is 41.0. The lowest BCUT2D eigenvalue weighted by atomic mass is 9.85. The van der Waals surface area contributed by atoms with Gasteiger partial charge in [0.1, 0.15) is 10.7 Å². The summed E-state index contributed by atoms with van der Waals surface area (Å²) >= 11 is 3.14. The first-order valence-electron chi connectivity index (χ1n) is 6.68. The van der Waals surface area contributed by atoms with Gasteiger partial charge in [-0.1, -0.05) is 29.8 Å². The average Bonchev–Trinajstić information content (AvgIpc) is 2.50. The van der Waals surface area contributed by atoms with Crippen molar-refractivity contribution in [3.8, 4) is 0 Å². The minimum atomic E-state index is -3.75. The topological polar surface area (TPSA) is 37.4 Å². The van der Waals surface area contributed by atoms with E-state index < -0.39 is 15.8 Å². The molecule has 0 aromatic heterocycles. The standard InChI is InChI=1S/C14H19BrFNO2S/c1-14(2)6-3-8-17(9-7-14)20(18,19)13-5-4-11(15)10-12(13)16/h4-5,10H,3,6-9H2,1-2H3. The summed E-state index contributed by atoms with van der Waals surface area (Å²) in [4.78, 5) is -0.236. The molecule has 1 aromatic rings. The van der Waals surface area contributed by atoms with Crippen LogP contribution in [0.2, 0.25) is 0 Å². The van der Waals surface area contributed by atoms with Gasteiger partial charge in [-0.15, -0.1) is 0 Å². The highest BCUT2D eigenvalue weighted by molar-refractivity contribution is 9.10. The predicted octanol–water partition coefficient (Wildman–Crippen LogP) is 3.79. The Labute approximate surface area is 128 Å². The number of hydrogen-bond donors (Lipinski definition) is 0. The van der Waals surface area contributed by atoms with Crippen LogP contribution in [0.25, 0.3) is 0 Å². The first-order chi connectivity index (χ1) is 9.22. The lowest BCUT2D eigenvalue weighted by molar-refractivity contribution is 0.314. The van der Waals surface area contributed by atoms with Crippen molar-refractivity contribution in [3.05, 3.63) is 28.5 Å². The Kier molecular flexibility index (Phi) is 4.56. The molecule has 0 radical (unpaired) electrons. The van der Waals surface area contributed by atoms with E-state index in [-0.39, 0.29) is 10.3 Å². The molecule has 1 aliphatic rings. The second-order valence-electron chi connectivity index (χ2n) is 6.00. The Morgan fingerprint density at radius 3 is 2.60 bits per heavy atom. The van der Waals surface area contributed by atoms with E-state index in [1.807, 2.05) is 0 Å². The Bertz CT molecular complexity index is 601. The minimum absolute atomic E-state index is 0.141. The SMILES string of the molecule is CC1(C)CCCN(S(=O)(=O)c2ccc(Br)cc2F)CC1. The highest BCUT2D eigenvalue weighted by Crippen LogP contribution is 2.32. The van der Waals surface area contributed by atoms with E-state index in [0.717, 1.165) is 19.3 Å². The number of sulfonamides is 1. The largest absolute Gasteiger partial charge is 0.245 e. The molecular weight excluding hydrogens is 345 g/mol. The van der Waals surface area contributed by atoms with Crippen molar-refractivity contribution in [1.29, 1.82) is 0 Å². The van der Waals surface area contributed by atoms with Crippen molar-refractivity contribution < 1.29 is 12.8 Å². The number of nitrogens with zero attached hydrogens (tertiary/aromatic N) is 1. The lowest BCUT2D eigenvalue weighted by Crippen LogP contribution is -2.33. The number of hydrogen-bond acceptors (Lipinski definition) is 2. The van der Waals surface area contributed by atoms with Gasteiger partial charge in [-0.2, -0.15) is 4.31 Å². The van der Waals surface area contributed by atoms with Crippen molar-refractivity contribution in [1.82, 2.24) is 4.31 Å². The summed E-state index contributed by atoms with van der Waals surface area (Å²) in [5.74, 6) is -0.706. The molecule has 1 heterocycles. The van der Waals surface area contributed by atoms with Gasteiger partial charge in [0.05, 0.1) is 0 Å². The zero-order valence-electron chi connectivity index (χ0n) is 11.7. The fraction of sp³-hybridized carbons (Fsp3) is 0.571. The van der Waals surface area contributed by atoms with Gasteiger partial charge in [0.2, 0.25) is 10.0 Å². The molecule has 3 nitrogen and oxygen atoms in total. The Hall–Kier alpha value is -0.460. The molecule has 2 rings (SSSR count). The maximum absolute atomic E-state index is 13.9. The van der Waals surface area contributed by atoms with Crippen molar-refractivity contribution in [3.63, 3.8) is 0 Å². The van der Waals surface area contributed by atoms with E-state index in [1.54, 1.807) is 6.07 Å². The van der Waals surface area contributed by atoms with E-state index in [0.29, 0.717) is 17.6 Å². The number of rotatable bonds is 2. The number of halogens is 2. The van der Waals surface area contributed by atoms with Gasteiger partial charge in [0, 0.05) is 17.6 Å². The molecule has 20 heavy (non-hydrogen) atoms. The Morgan fingerprint density at radius 1 is 1.25 bits per heavy atom. The second kappa shape index (κ2) is 5.73. The van der Waals surface area contributed by atoms with Crippen LogP contribution in [0.15, 0.2) is 27.6 Å². The highest BCUT2D eigenvalue weighted by atomic mass is 79.9. The van der Waals surface area contributed by atoms with Crippen LogP contribution in [0.4, 0.5) is 4.39 Å². The zero-order valence-corrected chi connectivity index (χ0v) is 14.1. The molecule has 0 bridgehead atoms. The molecule has 0 N–H and O–H groups in total. The van der Waals surface area contributed by atoms with E-state index in [9.17, 15) is 12.8 Å². The van der Waals surface area contributed by atoms with Gasteiger partial charge in [-0.25, -0.2) is 12.8 Å². The molecular formula is C14H19BrFNO2S. The van der Waals surface area contributed by atoms with Crippen LogP contribution < -0.4 is 0 Å². The van der Waals surface area contributed by atoms with Gasteiger partial charge < -0.3 is 0 Å². The van der Waals surface area contributed by atoms with Gasteiger partial charge in [-0.05, 0) is 42.9 Å². The number of benzene rings is 1. The molecule has 0 unspecified atom stereocenters. The van der Waals surface area contributed by atoms with Crippen LogP contribution in [-0.4, -0.2) is 25.8 Å². The third kappa shape index (κ3) is 3.40. The van der Waals surface area contributed by atoms with Crippen molar-refractivity contribution in [2.45, 2.75) is 38.0 Å². The van der Waals surface area contributed by atoms with E-state index >= 15 is 0 Å². The fourth-order valence-corrected chi connectivity index (χ4v) is 4.32. The third-order valence-corrected chi connectivity index (χ3v) is 6.24. The summed E-state index contributed by atoms with van der Waals surface area (Å²) in [5.41, 5.74) is 0.141. The van der Waals surface area contributed by atoms with E-state index in [2.05, 4.69) is 29.8 Å². The molecule has 0 amide bonds. The smallest absolute Gasteiger partial charge is 0.207 e. The molecule has 0 spiro atoms. The second-order valence-corrected chi connectivity index (χ2v) is 8.82. The third-order valence-electron chi connectivity index (χ3n) is 3.81. The van der Waals surface area contributed by atoms with Crippen molar-refractivity contribution >= 4 is 26.0 Å². The minimum Gasteiger partial charge on any atom is -0.207 e. The summed E-state index contributed by atoms with van der Waals surface area (Å²) in [6.07, 6.45) is 2.59. The normalized spacial score (nSPS) is 20.6. The van der Waals surface area contributed by atoms with E-state index in [1.165, 1.54) is 16.4 Å². The molecule has 0 saturated carbocycles. The van der Waals surface area contributed by atoms with Gasteiger partial charge in [0.15, 0.2) is 0 Å². The lowest BCUT2D eigenvalue weighted by Gasteiger charge is -2.23. The van der Waals surface area contributed by atoms with Crippen LogP contribution in [0.1, 0.15) is 33.1 Å². The quantitative estimate of drug-likeness (QED) is 0.801. The molecule has 0 atom stereocenters. The summed E-state index contributed by atoms with van der Waals surface area (Å²) in [6, 6.07) is 4.07. The molecule has 0 aliphatic carbocycles. The maximum Gasteiger partial charge on any atom is 0.245 e. The molecule has 1 fully saturated rings. The van der Waals surface area contributed by atoms with Crippen molar-refractivity contribution in [2.75, 3.05) is 13.1 Å². The van der Waals surface area contributed by atoms with Crippen LogP contribution in [0.5, 0.6) is 0 Å². The highest BCUT2D eigenvalue weighted by Gasteiger charge is 2.31. The zero-order chi connectivity index (χ0) is 15.0. The van der Waals surface area contributed by atoms with Crippen molar-refractivity contribution in [2.24, 2.45) is 5.41 Å². The van der Waals surface area contributed by atoms with E-state index in [4.69, 9.17) is 0 Å². The summed E-state index contributed by atoms with van der Waals surface area (Å²) in [6.45, 7) is 5.19. The van der Waals surface area contributed by atoms with Crippen LogP contribution in [0.3, 0.4) is 0 Å². The average molecular weight is 364 g/mol.